The van der Waals surface area contributed by atoms with E-state index in [2.05, 4.69) is 19.0 Å². The Bertz CT molecular complexity index is 154. The van der Waals surface area contributed by atoms with Gasteiger partial charge in [-0.25, -0.2) is 0 Å². The number of Topliss-reactive ketones (excluding diaryl/α,β-unsaturated/α-hetero) is 1. The first-order chi connectivity index (χ1) is 5.70. The van der Waals surface area contributed by atoms with Gasteiger partial charge in [-0.1, -0.05) is 6.42 Å². The highest BCUT2D eigenvalue weighted by atomic mass is 16.1. The molecule has 12 heavy (non-hydrogen) atoms. The van der Waals surface area contributed by atoms with Crippen LogP contribution in [-0.4, -0.2) is 31.3 Å². The Labute approximate surface area is 74.9 Å². The van der Waals surface area contributed by atoms with E-state index >= 15 is 0 Å². The van der Waals surface area contributed by atoms with E-state index in [1.165, 1.54) is 6.42 Å². The lowest BCUT2D eigenvalue weighted by Crippen LogP contribution is -2.24. The van der Waals surface area contributed by atoms with Crippen LogP contribution in [0.15, 0.2) is 0 Å². The summed E-state index contributed by atoms with van der Waals surface area (Å²) in [6.07, 6.45) is 5.40. The van der Waals surface area contributed by atoms with Gasteiger partial charge in [0.1, 0.15) is 5.78 Å². The third-order valence-corrected chi connectivity index (χ3v) is 2.61. The largest absolute Gasteiger partial charge is 0.309 e. The summed E-state index contributed by atoms with van der Waals surface area (Å²) in [6, 6.07) is 0. The monoisotopic (exact) mass is 169 g/mol. The van der Waals surface area contributed by atoms with Crippen molar-refractivity contribution in [1.82, 2.24) is 4.90 Å². The van der Waals surface area contributed by atoms with Gasteiger partial charge in [0, 0.05) is 12.3 Å². The van der Waals surface area contributed by atoms with Crippen molar-refractivity contribution < 1.29 is 4.79 Å². The van der Waals surface area contributed by atoms with Crippen molar-refractivity contribution in [2.45, 2.75) is 32.1 Å². The number of hydrogen-bond acceptors (Lipinski definition) is 2. The van der Waals surface area contributed by atoms with Gasteiger partial charge in [0.2, 0.25) is 0 Å². The highest BCUT2D eigenvalue weighted by Crippen LogP contribution is 2.23. The van der Waals surface area contributed by atoms with Gasteiger partial charge in [0.25, 0.3) is 0 Å². The van der Waals surface area contributed by atoms with E-state index in [4.69, 9.17) is 0 Å². The van der Waals surface area contributed by atoms with Crippen LogP contribution in [0.1, 0.15) is 32.1 Å². The fourth-order valence-electron chi connectivity index (χ4n) is 1.77. The number of rotatable bonds is 3. The van der Waals surface area contributed by atoms with E-state index in [-0.39, 0.29) is 0 Å². The predicted octanol–water partition coefficient (Wildman–Crippen LogP) is 1.70. The molecule has 0 aliphatic heterocycles. The van der Waals surface area contributed by atoms with Crippen LogP contribution in [0.3, 0.4) is 0 Å². The maximum absolute atomic E-state index is 11.4. The van der Waals surface area contributed by atoms with E-state index in [9.17, 15) is 4.79 Å². The molecule has 0 aromatic rings. The summed E-state index contributed by atoms with van der Waals surface area (Å²) < 4.78 is 0. The van der Waals surface area contributed by atoms with Crippen LogP contribution in [0.4, 0.5) is 0 Å². The van der Waals surface area contributed by atoms with Gasteiger partial charge >= 0.3 is 0 Å². The first-order valence-corrected chi connectivity index (χ1v) is 4.87. The molecule has 1 fully saturated rings. The molecule has 0 N–H and O–H groups in total. The molecule has 1 unspecified atom stereocenters. The first kappa shape index (κ1) is 9.72. The fraction of sp³-hybridized carbons (Fsp3) is 0.900. The molecule has 1 rings (SSSR count). The SMILES string of the molecule is CN(C)CCC1CCCCC1=O. The fourth-order valence-corrected chi connectivity index (χ4v) is 1.77. The Kier molecular flexibility index (Phi) is 3.73. The third kappa shape index (κ3) is 2.94. The molecule has 2 nitrogen and oxygen atoms in total. The number of ketones is 1. The van der Waals surface area contributed by atoms with Crippen LogP contribution in [0.2, 0.25) is 0 Å². The minimum Gasteiger partial charge on any atom is -0.309 e. The van der Waals surface area contributed by atoms with E-state index < -0.39 is 0 Å². The van der Waals surface area contributed by atoms with Crippen molar-refractivity contribution >= 4 is 5.78 Å². The van der Waals surface area contributed by atoms with E-state index in [1.54, 1.807) is 0 Å². The normalized spacial score (nSPS) is 24.9. The molecule has 0 saturated heterocycles. The zero-order valence-corrected chi connectivity index (χ0v) is 8.18. The lowest BCUT2D eigenvalue weighted by molar-refractivity contribution is -0.124. The molecule has 0 heterocycles. The Morgan fingerprint density at radius 2 is 2.17 bits per heavy atom. The molecule has 0 bridgehead atoms. The van der Waals surface area contributed by atoms with Crippen molar-refractivity contribution in [1.29, 1.82) is 0 Å². The van der Waals surface area contributed by atoms with E-state index in [0.29, 0.717) is 11.7 Å². The van der Waals surface area contributed by atoms with Gasteiger partial charge in [-0.3, -0.25) is 4.79 Å². The maximum Gasteiger partial charge on any atom is 0.136 e. The van der Waals surface area contributed by atoms with Crippen LogP contribution in [0.25, 0.3) is 0 Å². The minimum atomic E-state index is 0.376. The zero-order chi connectivity index (χ0) is 8.97. The first-order valence-electron chi connectivity index (χ1n) is 4.87. The molecule has 1 aliphatic rings. The summed E-state index contributed by atoms with van der Waals surface area (Å²) in [6.45, 7) is 1.05. The molecule has 2 heteroatoms. The summed E-state index contributed by atoms with van der Waals surface area (Å²) in [5, 5.41) is 0. The number of nitrogens with zero attached hydrogens (tertiary/aromatic N) is 1. The van der Waals surface area contributed by atoms with Crippen molar-refractivity contribution in [3.8, 4) is 0 Å². The summed E-state index contributed by atoms with van der Waals surface area (Å²) in [4.78, 5) is 13.5. The van der Waals surface area contributed by atoms with Crippen LogP contribution >= 0.6 is 0 Å². The molecular formula is C10H19NO. The molecule has 0 aromatic carbocycles. The smallest absolute Gasteiger partial charge is 0.136 e. The molecule has 1 atom stereocenters. The highest BCUT2D eigenvalue weighted by molar-refractivity contribution is 5.81. The van der Waals surface area contributed by atoms with Crippen molar-refractivity contribution in [3.63, 3.8) is 0 Å². The average molecular weight is 169 g/mol. The number of hydrogen-bond donors (Lipinski definition) is 0. The Morgan fingerprint density at radius 1 is 1.42 bits per heavy atom. The average Bonchev–Trinajstić information content (AvgIpc) is 2.03. The lowest BCUT2D eigenvalue weighted by Gasteiger charge is -2.21. The maximum atomic E-state index is 11.4. The second kappa shape index (κ2) is 4.61. The van der Waals surface area contributed by atoms with Gasteiger partial charge in [-0.2, -0.15) is 0 Å². The summed E-state index contributed by atoms with van der Waals surface area (Å²) >= 11 is 0. The zero-order valence-electron chi connectivity index (χ0n) is 8.18. The molecule has 70 valence electrons. The van der Waals surface area contributed by atoms with Gasteiger partial charge in [0.05, 0.1) is 0 Å². The Hall–Kier alpha value is -0.370. The van der Waals surface area contributed by atoms with E-state index in [0.717, 1.165) is 32.2 Å². The molecule has 0 aromatic heterocycles. The third-order valence-electron chi connectivity index (χ3n) is 2.61. The van der Waals surface area contributed by atoms with Crippen LogP contribution in [-0.2, 0) is 4.79 Å². The summed E-state index contributed by atoms with van der Waals surface area (Å²) in [5.41, 5.74) is 0. The minimum absolute atomic E-state index is 0.376. The quantitative estimate of drug-likeness (QED) is 0.641. The topological polar surface area (TPSA) is 20.3 Å². The molecule has 0 radical (unpaired) electrons. The van der Waals surface area contributed by atoms with Crippen LogP contribution in [0, 0.1) is 5.92 Å². The molecule has 1 aliphatic carbocycles. The highest BCUT2D eigenvalue weighted by Gasteiger charge is 2.21. The van der Waals surface area contributed by atoms with Crippen LogP contribution < -0.4 is 0 Å². The Morgan fingerprint density at radius 3 is 2.75 bits per heavy atom. The summed E-state index contributed by atoms with van der Waals surface area (Å²) in [5.74, 6) is 0.879. The van der Waals surface area contributed by atoms with Gasteiger partial charge in [0.15, 0.2) is 0 Å². The van der Waals surface area contributed by atoms with Crippen molar-refractivity contribution in [2.75, 3.05) is 20.6 Å². The van der Waals surface area contributed by atoms with Crippen molar-refractivity contribution in [2.24, 2.45) is 5.92 Å². The predicted molar refractivity (Wildman–Crippen MR) is 50.1 cm³/mol. The van der Waals surface area contributed by atoms with E-state index in [1.807, 2.05) is 0 Å². The Balaban J connectivity index is 2.25. The standard InChI is InChI=1S/C10H19NO/c1-11(2)8-7-9-5-3-4-6-10(9)12/h9H,3-8H2,1-2H3. The van der Waals surface area contributed by atoms with Gasteiger partial charge in [-0.05, 0) is 39.9 Å². The van der Waals surface area contributed by atoms with Gasteiger partial charge < -0.3 is 4.90 Å². The number of carbonyl (C=O) groups is 1. The molecule has 0 spiro atoms. The second-order valence-corrected chi connectivity index (χ2v) is 4.00. The summed E-state index contributed by atoms with van der Waals surface area (Å²) in [7, 11) is 4.13. The van der Waals surface area contributed by atoms with Crippen LogP contribution in [0.5, 0.6) is 0 Å². The lowest BCUT2D eigenvalue weighted by atomic mass is 9.86. The number of carbonyl (C=O) groups excluding carboxylic acids is 1. The molecule has 0 amide bonds. The van der Waals surface area contributed by atoms with Gasteiger partial charge in [-0.15, -0.1) is 0 Å². The van der Waals surface area contributed by atoms with Crippen molar-refractivity contribution in [3.05, 3.63) is 0 Å². The molecular weight excluding hydrogens is 150 g/mol. The second-order valence-electron chi connectivity index (χ2n) is 4.00. The molecule has 1 saturated carbocycles.